The van der Waals surface area contributed by atoms with Gasteiger partial charge < -0.3 is 15.4 Å². The molecule has 1 aromatic rings. The third-order valence-corrected chi connectivity index (χ3v) is 2.52. The molecule has 78 valence electrons. The van der Waals surface area contributed by atoms with Gasteiger partial charge in [-0.1, -0.05) is 15.9 Å². The Hall–Kier alpha value is -0.740. The smallest absolute Gasteiger partial charge is 0.0637 e. The lowest BCUT2D eigenvalue weighted by Crippen LogP contribution is -2.22. The molecule has 0 aliphatic heterocycles. The Morgan fingerprint density at radius 3 is 2.79 bits per heavy atom. The highest BCUT2D eigenvalue weighted by molar-refractivity contribution is 9.10. The number of methoxy groups -OCH3 is 1. The molecule has 0 saturated carbocycles. The van der Waals surface area contributed by atoms with E-state index in [2.05, 4.69) is 20.8 Å². The van der Waals surface area contributed by atoms with E-state index in [1.54, 1.807) is 7.11 Å². The lowest BCUT2D eigenvalue weighted by atomic mass is 10.2. The Kier molecular flexibility index (Phi) is 4.22. The molecule has 14 heavy (non-hydrogen) atoms. The SMILES string of the molecule is COCCN(C)c1ccc(Br)cc1N. The van der Waals surface area contributed by atoms with Gasteiger partial charge in [0, 0.05) is 25.2 Å². The molecule has 0 fully saturated rings. The zero-order valence-corrected chi connectivity index (χ0v) is 10.0. The standard InChI is InChI=1S/C10H15BrN2O/c1-13(5-6-14-2)10-4-3-8(11)7-9(10)12/h3-4,7H,5-6,12H2,1-2H3. The van der Waals surface area contributed by atoms with Gasteiger partial charge in [0.15, 0.2) is 0 Å². The molecule has 0 saturated heterocycles. The van der Waals surface area contributed by atoms with Crippen molar-refractivity contribution in [3.8, 4) is 0 Å². The normalized spacial score (nSPS) is 10.2. The maximum Gasteiger partial charge on any atom is 0.0637 e. The van der Waals surface area contributed by atoms with Crippen LogP contribution in [0.3, 0.4) is 0 Å². The number of nitrogens with two attached hydrogens (primary N) is 1. The fourth-order valence-electron chi connectivity index (χ4n) is 1.22. The number of benzene rings is 1. The van der Waals surface area contributed by atoms with Crippen LogP contribution in [0.15, 0.2) is 22.7 Å². The Labute approximate surface area is 93.0 Å². The summed E-state index contributed by atoms with van der Waals surface area (Å²) in [4.78, 5) is 2.07. The van der Waals surface area contributed by atoms with Crippen LogP contribution in [0.25, 0.3) is 0 Å². The quantitative estimate of drug-likeness (QED) is 0.842. The van der Waals surface area contributed by atoms with E-state index in [4.69, 9.17) is 10.5 Å². The van der Waals surface area contributed by atoms with E-state index in [1.807, 2.05) is 25.2 Å². The van der Waals surface area contributed by atoms with E-state index in [0.29, 0.717) is 6.61 Å². The van der Waals surface area contributed by atoms with E-state index in [1.165, 1.54) is 0 Å². The van der Waals surface area contributed by atoms with E-state index in [-0.39, 0.29) is 0 Å². The minimum atomic E-state index is 0.700. The minimum absolute atomic E-state index is 0.700. The third-order valence-electron chi connectivity index (χ3n) is 2.03. The van der Waals surface area contributed by atoms with Crippen LogP contribution < -0.4 is 10.6 Å². The summed E-state index contributed by atoms with van der Waals surface area (Å²) in [6.45, 7) is 1.54. The molecule has 0 bridgehead atoms. The van der Waals surface area contributed by atoms with E-state index < -0.39 is 0 Å². The number of anilines is 2. The Balaban J connectivity index is 2.74. The second kappa shape index (κ2) is 5.22. The molecule has 0 heterocycles. The second-order valence-electron chi connectivity index (χ2n) is 3.12. The van der Waals surface area contributed by atoms with Crippen molar-refractivity contribution in [2.45, 2.75) is 0 Å². The number of hydrogen-bond acceptors (Lipinski definition) is 3. The molecule has 0 unspecified atom stereocenters. The average molecular weight is 259 g/mol. The second-order valence-corrected chi connectivity index (χ2v) is 4.03. The number of halogens is 1. The van der Waals surface area contributed by atoms with Gasteiger partial charge in [0.05, 0.1) is 18.0 Å². The van der Waals surface area contributed by atoms with Crippen LogP contribution in [0.1, 0.15) is 0 Å². The van der Waals surface area contributed by atoms with Crippen molar-refractivity contribution < 1.29 is 4.74 Å². The van der Waals surface area contributed by atoms with Crippen LogP contribution in [0.2, 0.25) is 0 Å². The summed E-state index contributed by atoms with van der Waals surface area (Å²) in [5.41, 5.74) is 7.69. The molecule has 0 radical (unpaired) electrons. The molecule has 0 atom stereocenters. The van der Waals surface area contributed by atoms with Gasteiger partial charge in [0.25, 0.3) is 0 Å². The fraction of sp³-hybridized carbons (Fsp3) is 0.400. The molecular weight excluding hydrogens is 244 g/mol. The monoisotopic (exact) mass is 258 g/mol. The Morgan fingerprint density at radius 1 is 1.50 bits per heavy atom. The summed E-state index contributed by atoms with van der Waals surface area (Å²) in [5, 5.41) is 0. The lowest BCUT2D eigenvalue weighted by Gasteiger charge is -2.20. The molecular formula is C10H15BrN2O. The summed E-state index contributed by atoms with van der Waals surface area (Å²) in [6.07, 6.45) is 0. The highest BCUT2D eigenvalue weighted by atomic mass is 79.9. The van der Waals surface area contributed by atoms with Crippen LogP contribution in [-0.4, -0.2) is 27.3 Å². The molecule has 4 heteroatoms. The van der Waals surface area contributed by atoms with Gasteiger partial charge in [-0.15, -0.1) is 0 Å². The van der Waals surface area contributed by atoms with Crippen molar-refractivity contribution in [3.05, 3.63) is 22.7 Å². The molecule has 3 nitrogen and oxygen atoms in total. The predicted molar refractivity (Wildman–Crippen MR) is 63.7 cm³/mol. The summed E-state index contributed by atoms with van der Waals surface area (Å²) in [5.74, 6) is 0. The zero-order chi connectivity index (χ0) is 10.6. The van der Waals surface area contributed by atoms with Gasteiger partial charge in [-0.05, 0) is 18.2 Å². The van der Waals surface area contributed by atoms with Gasteiger partial charge in [-0.25, -0.2) is 0 Å². The number of likely N-dealkylation sites (N-methyl/N-ethyl adjacent to an activating group) is 1. The molecule has 0 aliphatic rings. The molecule has 0 spiro atoms. The first-order valence-electron chi connectivity index (χ1n) is 4.40. The first kappa shape index (κ1) is 11.3. The number of nitrogen functional groups attached to an aromatic ring is 1. The van der Waals surface area contributed by atoms with E-state index >= 15 is 0 Å². The van der Waals surface area contributed by atoms with Crippen molar-refractivity contribution >= 4 is 27.3 Å². The van der Waals surface area contributed by atoms with Crippen LogP contribution in [-0.2, 0) is 4.74 Å². The lowest BCUT2D eigenvalue weighted by molar-refractivity contribution is 0.206. The van der Waals surface area contributed by atoms with Crippen LogP contribution in [0.5, 0.6) is 0 Å². The molecule has 1 rings (SSSR count). The highest BCUT2D eigenvalue weighted by Gasteiger charge is 2.04. The van der Waals surface area contributed by atoms with Crippen molar-refractivity contribution in [1.29, 1.82) is 0 Å². The first-order valence-corrected chi connectivity index (χ1v) is 5.19. The number of nitrogens with zero attached hydrogens (tertiary/aromatic N) is 1. The molecule has 0 aliphatic carbocycles. The number of ether oxygens (including phenoxy) is 1. The number of rotatable bonds is 4. The Bertz CT molecular complexity index is 304. The summed E-state index contributed by atoms with van der Waals surface area (Å²) < 4.78 is 6.00. The maximum absolute atomic E-state index is 5.88. The van der Waals surface area contributed by atoms with Gasteiger partial charge in [-0.2, -0.15) is 0 Å². The van der Waals surface area contributed by atoms with Gasteiger partial charge in [0.2, 0.25) is 0 Å². The average Bonchev–Trinajstić information content (AvgIpc) is 2.14. The van der Waals surface area contributed by atoms with E-state index in [9.17, 15) is 0 Å². The van der Waals surface area contributed by atoms with Crippen LogP contribution in [0.4, 0.5) is 11.4 Å². The summed E-state index contributed by atoms with van der Waals surface area (Å²) in [6, 6.07) is 5.88. The third kappa shape index (κ3) is 2.89. The molecule has 1 aromatic carbocycles. The molecule has 0 amide bonds. The summed E-state index contributed by atoms with van der Waals surface area (Å²) in [7, 11) is 3.69. The maximum atomic E-state index is 5.88. The predicted octanol–water partition coefficient (Wildman–Crippen LogP) is 2.11. The fourth-order valence-corrected chi connectivity index (χ4v) is 1.60. The highest BCUT2D eigenvalue weighted by Crippen LogP contribution is 2.25. The van der Waals surface area contributed by atoms with Gasteiger partial charge >= 0.3 is 0 Å². The van der Waals surface area contributed by atoms with E-state index in [0.717, 1.165) is 22.4 Å². The largest absolute Gasteiger partial charge is 0.397 e. The first-order chi connectivity index (χ1) is 6.65. The molecule has 0 aromatic heterocycles. The van der Waals surface area contributed by atoms with Crippen molar-refractivity contribution in [3.63, 3.8) is 0 Å². The van der Waals surface area contributed by atoms with Crippen LogP contribution in [0, 0.1) is 0 Å². The minimum Gasteiger partial charge on any atom is -0.397 e. The van der Waals surface area contributed by atoms with Crippen molar-refractivity contribution in [2.75, 3.05) is 37.9 Å². The zero-order valence-electron chi connectivity index (χ0n) is 8.46. The van der Waals surface area contributed by atoms with Crippen molar-refractivity contribution in [2.24, 2.45) is 0 Å². The topological polar surface area (TPSA) is 38.5 Å². The van der Waals surface area contributed by atoms with Gasteiger partial charge in [-0.3, -0.25) is 0 Å². The Morgan fingerprint density at radius 2 is 2.21 bits per heavy atom. The summed E-state index contributed by atoms with van der Waals surface area (Å²) >= 11 is 3.37. The van der Waals surface area contributed by atoms with Crippen molar-refractivity contribution in [1.82, 2.24) is 0 Å². The number of hydrogen-bond donors (Lipinski definition) is 1. The van der Waals surface area contributed by atoms with Gasteiger partial charge in [0.1, 0.15) is 0 Å². The van der Waals surface area contributed by atoms with Crippen LogP contribution >= 0.6 is 15.9 Å². The molecule has 2 N–H and O–H groups in total.